The molecule has 0 heterocycles. The summed E-state index contributed by atoms with van der Waals surface area (Å²) in [5.41, 5.74) is 2.74. The van der Waals surface area contributed by atoms with Gasteiger partial charge in [0.2, 0.25) is 0 Å². The third-order valence-electron chi connectivity index (χ3n) is 2.90. The topological polar surface area (TPSA) is 17.1 Å². The van der Waals surface area contributed by atoms with Gasteiger partial charge in [-0.05, 0) is 58.8 Å². The number of halogens is 2. The fraction of sp³-hybridized carbons (Fsp3) is 0.188. The molecule has 2 rings (SSSR count). The quantitative estimate of drug-likeness (QED) is 0.480. The summed E-state index contributed by atoms with van der Waals surface area (Å²) >= 11 is 5.62. The monoisotopic (exact) mass is 428 g/mol. The van der Waals surface area contributed by atoms with E-state index in [1.54, 1.807) is 0 Å². The molecule has 0 N–H and O–H groups in total. The van der Waals surface area contributed by atoms with Crippen LogP contribution in [0.3, 0.4) is 0 Å². The third-order valence-corrected chi connectivity index (χ3v) is 4.33. The van der Waals surface area contributed by atoms with Gasteiger partial charge in [-0.2, -0.15) is 0 Å². The molecule has 0 aromatic heterocycles. The van der Waals surface area contributed by atoms with E-state index < -0.39 is 0 Å². The maximum Gasteiger partial charge on any atom is 0.194 e. The second kappa shape index (κ2) is 6.66. The van der Waals surface area contributed by atoms with Crippen molar-refractivity contribution in [3.8, 4) is 0 Å². The number of carbonyl (C=O) groups is 1. The lowest BCUT2D eigenvalue weighted by atomic mass is 10.00. The predicted molar refractivity (Wildman–Crippen MR) is 90.7 cm³/mol. The van der Waals surface area contributed by atoms with Crippen LogP contribution in [0.2, 0.25) is 0 Å². The van der Waals surface area contributed by atoms with E-state index in [1.165, 1.54) is 5.56 Å². The molecule has 98 valence electrons. The minimum atomic E-state index is 0.0867. The highest BCUT2D eigenvalue weighted by molar-refractivity contribution is 14.1. The molecule has 0 radical (unpaired) electrons. The highest BCUT2D eigenvalue weighted by atomic mass is 127. The fourth-order valence-corrected chi connectivity index (χ4v) is 2.93. The van der Waals surface area contributed by atoms with Crippen LogP contribution < -0.4 is 0 Å². The first-order chi connectivity index (χ1) is 9.11. The van der Waals surface area contributed by atoms with Gasteiger partial charge in [-0.3, -0.25) is 4.79 Å². The van der Waals surface area contributed by atoms with Crippen LogP contribution in [-0.2, 0) is 6.42 Å². The molecular weight excluding hydrogens is 415 g/mol. The number of carbonyl (C=O) groups excluding carboxylic acids is 1. The largest absolute Gasteiger partial charge is 0.289 e. The van der Waals surface area contributed by atoms with E-state index in [4.69, 9.17) is 0 Å². The molecule has 1 nitrogen and oxygen atoms in total. The summed E-state index contributed by atoms with van der Waals surface area (Å²) < 4.78 is 1.91. The summed E-state index contributed by atoms with van der Waals surface area (Å²) in [5, 5.41) is 0. The van der Waals surface area contributed by atoms with Crippen molar-refractivity contribution in [2.75, 3.05) is 0 Å². The van der Waals surface area contributed by atoms with Gasteiger partial charge in [0.15, 0.2) is 5.78 Å². The highest BCUT2D eigenvalue weighted by Crippen LogP contribution is 2.22. The first-order valence-corrected chi connectivity index (χ1v) is 8.07. The van der Waals surface area contributed by atoms with Crippen LogP contribution in [0.1, 0.15) is 34.8 Å². The van der Waals surface area contributed by atoms with Crippen molar-refractivity contribution in [3.05, 3.63) is 67.2 Å². The Balaban J connectivity index is 2.38. The Bertz CT molecular complexity index is 607. The summed E-state index contributed by atoms with van der Waals surface area (Å²) in [4.78, 5) is 12.6. The molecule has 0 atom stereocenters. The molecule has 0 fully saturated rings. The normalized spacial score (nSPS) is 10.5. The standard InChI is InChI=1S/C16H14BrIO/c1-2-4-11-5-3-6-12(9-11)16(19)14-10-13(17)7-8-15(14)18/h3,5-10H,2,4H2,1H3. The Labute approximate surface area is 135 Å². The van der Waals surface area contributed by atoms with E-state index >= 15 is 0 Å². The SMILES string of the molecule is CCCc1cccc(C(=O)c2cc(Br)ccc2I)c1. The summed E-state index contributed by atoms with van der Waals surface area (Å²) in [6, 6.07) is 13.7. The van der Waals surface area contributed by atoms with Crippen molar-refractivity contribution >= 4 is 44.3 Å². The van der Waals surface area contributed by atoms with Crippen LogP contribution in [0.5, 0.6) is 0 Å². The molecule has 3 heteroatoms. The molecule has 0 bridgehead atoms. The van der Waals surface area contributed by atoms with Gasteiger partial charge in [-0.25, -0.2) is 0 Å². The minimum Gasteiger partial charge on any atom is -0.289 e. The smallest absolute Gasteiger partial charge is 0.194 e. The first-order valence-electron chi connectivity index (χ1n) is 6.20. The number of aryl methyl sites for hydroxylation is 1. The lowest BCUT2D eigenvalue weighted by molar-refractivity contribution is 0.103. The summed E-state index contributed by atoms with van der Waals surface area (Å²) in [6.45, 7) is 2.14. The molecule has 0 amide bonds. The van der Waals surface area contributed by atoms with Crippen LogP contribution >= 0.6 is 38.5 Å². The first kappa shape index (κ1) is 14.7. The van der Waals surface area contributed by atoms with Crippen molar-refractivity contribution in [2.24, 2.45) is 0 Å². The maximum atomic E-state index is 12.6. The zero-order chi connectivity index (χ0) is 13.8. The predicted octanol–water partition coefficient (Wildman–Crippen LogP) is 5.24. The second-order valence-corrected chi connectivity index (χ2v) is 6.48. The molecular formula is C16H14BrIO. The van der Waals surface area contributed by atoms with Crippen molar-refractivity contribution in [2.45, 2.75) is 19.8 Å². The Morgan fingerprint density at radius 3 is 2.74 bits per heavy atom. The number of benzene rings is 2. The van der Waals surface area contributed by atoms with Gasteiger partial charge >= 0.3 is 0 Å². The van der Waals surface area contributed by atoms with Crippen LogP contribution in [0.25, 0.3) is 0 Å². The van der Waals surface area contributed by atoms with E-state index in [2.05, 4.69) is 51.5 Å². The number of hydrogen-bond acceptors (Lipinski definition) is 1. The molecule has 0 aliphatic carbocycles. The minimum absolute atomic E-state index is 0.0867. The fourth-order valence-electron chi connectivity index (χ4n) is 1.98. The van der Waals surface area contributed by atoms with Crippen molar-refractivity contribution in [3.63, 3.8) is 0 Å². The lowest BCUT2D eigenvalue weighted by Crippen LogP contribution is -2.04. The van der Waals surface area contributed by atoms with E-state index in [0.717, 1.165) is 32.0 Å². The average Bonchev–Trinajstić information content (AvgIpc) is 2.41. The molecule has 0 aliphatic heterocycles. The van der Waals surface area contributed by atoms with Crippen molar-refractivity contribution < 1.29 is 4.79 Å². The summed E-state index contributed by atoms with van der Waals surface area (Å²) in [6.07, 6.45) is 2.10. The average molecular weight is 429 g/mol. The van der Waals surface area contributed by atoms with Crippen LogP contribution in [0, 0.1) is 3.57 Å². The van der Waals surface area contributed by atoms with Gasteiger partial charge in [0.05, 0.1) is 0 Å². The zero-order valence-corrected chi connectivity index (χ0v) is 14.4. The molecule has 0 saturated carbocycles. The third kappa shape index (κ3) is 3.66. The highest BCUT2D eigenvalue weighted by Gasteiger charge is 2.13. The van der Waals surface area contributed by atoms with Gasteiger partial charge in [0.1, 0.15) is 0 Å². The summed E-state index contributed by atoms with van der Waals surface area (Å²) in [5.74, 6) is 0.0867. The van der Waals surface area contributed by atoms with E-state index in [-0.39, 0.29) is 5.78 Å². The molecule has 0 unspecified atom stereocenters. The van der Waals surface area contributed by atoms with Gasteiger partial charge < -0.3 is 0 Å². The van der Waals surface area contributed by atoms with Crippen molar-refractivity contribution in [1.29, 1.82) is 0 Å². The van der Waals surface area contributed by atoms with Gasteiger partial charge in [-0.1, -0.05) is 47.5 Å². The Kier molecular flexibility index (Phi) is 5.16. The number of ketones is 1. The van der Waals surface area contributed by atoms with Crippen LogP contribution in [0.15, 0.2) is 46.9 Å². The lowest BCUT2D eigenvalue weighted by Gasteiger charge is -2.06. The summed E-state index contributed by atoms with van der Waals surface area (Å²) in [7, 11) is 0. The maximum absolute atomic E-state index is 12.6. The number of rotatable bonds is 4. The van der Waals surface area contributed by atoms with Crippen molar-refractivity contribution in [1.82, 2.24) is 0 Å². The molecule has 2 aromatic rings. The Hall–Kier alpha value is -0.680. The molecule has 0 saturated heterocycles. The van der Waals surface area contributed by atoms with Gasteiger partial charge in [0.25, 0.3) is 0 Å². The van der Waals surface area contributed by atoms with E-state index in [9.17, 15) is 4.79 Å². The Morgan fingerprint density at radius 2 is 2.00 bits per heavy atom. The Morgan fingerprint density at radius 1 is 1.21 bits per heavy atom. The molecule has 2 aromatic carbocycles. The molecule has 0 spiro atoms. The molecule has 0 aliphatic rings. The number of hydrogen-bond donors (Lipinski definition) is 0. The zero-order valence-electron chi connectivity index (χ0n) is 10.6. The van der Waals surface area contributed by atoms with Crippen LogP contribution in [0.4, 0.5) is 0 Å². The molecule has 19 heavy (non-hydrogen) atoms. The van der Waals surface area contributed by atoms with Gasteiger partial charge in [0, 0.05) is 19.2 Å². The second-order valence-electron chi connectivity index (χ2n) is 4.40. The van der Waals surface area contributed by atoms with Crippen LogP contribution in [-0.4, -0.2) is 5.78 Å². The van der Waals surface area contributed by atoms with Gasteiger partial charge in [-0.15, -0.1) is 0 Å². The van der Waals surface area contributed by atoms with E-state index in [1.807, 2.05) is 36.4 Å². The van der Waals surface area contributed by atoms with E-state index in [0.29, 0.717) is 0 Å².